The number of hydrogen-bond acceptors (Lipinski definition) is 5. The van der Waals surface area contributed by atoms with Crippen molar-refractivity contribution in [3.05, 3.63) is 69.8 Å². The number of carbonyl (C=O) groups is 2. The van der Waals surface area contributed by atoms with Crippen molar-refractivity contribution < 1.29 is 14.3 Å². The monoisotopic (exact) mass is 406 g/mol. The molecule has 8 heteroatoms. The zero-order chi connectivity index (χ0) is 21.1. The van der Waals surface area contributed by atoms with Crippen LogP contribution < -0.4 is 21.1 Å². The second-order valence-corrected chi connectivity index (χ2v) is 7.16. The lowest BCUT2D eigenvalue weighted by molar-refractivity contribution is 0.0846. The summed E-state index contributed by atoms with van der Waals surface area (Å²) in [5, 5.41) is 0.486. The topological polar surface area (TPSA) is 102 Å². The molecule has 2 N–H and O–H groups in total. The number of ether oxygens (including phenoxy) is 1. The lowest BCUT2D eigenvalue weighted by Crippen LogP contribution is -2.41. The zero-order valence-electron chi connectivity index (χ0n) is 16.6. The molecule has 0 saturated carbocycles. The number of aryl methyl sites for hydroxylation is 1. The largest absolute Gasteiger partial charge is 0.497 e. The van der Waals surface area contributed by atoms with Gasteiger partial charge >= 0.3 is 0 Å². The first-order valence-corrected chi connectivity index (χ1v) is 9.85. The SMILES string of the molecule is COc1ccc(C(=O)NNC(=O)c2ccc3c(=O)n4c(nc3c2)CCCCC4)cc1. The number of amides is 2. The first-order valence-electron chi connectivity index (χ1n) is 9.85. The molecule has 2 heterocycles. The Labute approximate surface area is 172 Å². The molecule has 0 aliphatic carbocycles. The summed E-state index contributed by atoms with van der Waals surface area (Å²) in [4.78, 5) is 42.1. The molecule has 0 unspecified atom stereocenters. The third-order valence-electron chi connectivity index (χ3n) is 5.22. The maximum atomic E-state index is 12.8. The quantitative estimate of drug-likeness (QED) is 0.650. The highest BCUT2D eigenvalue weighted by Crippen LogP contribution is 2.16. The predicted octanol–water partition coefficient (Wildman–Crippen LogP) is 2.21. The highest BCUT2D eigenvalue weighted by molar-refractivity contribution is 6.00. The van der Waals surface area contributed by atoms with Gasteiger partial charge in [0.2, 0.25) is 0 Å². The smallest absolute Gasteiger partial charge is 0.269 e. The van der Waals surface area contributed by atoms with Crippen LogP contribution in [0.1, 0.15) is 45.8 Å². The van der Waals surface area contributed by atoms with Crippen LogP contribution in [0.2, 0.25) is 0 Å². The van der Waals surface area contributed by atoms with Crippen molar-refractivity contribution in [1.29, 1.82) is 0 Å². The minimum Gasteiger partial charge on any atom is -0.497 e. The molecule has 30 heavy (non-hydrogen) atoms. The van der Waals surface area contributed by atoms with Gasteiger partial charge in [0.15, 0.2) is 0 Å². The van der Waals surface area contributed by atoms with Crippen molar-refractivity contribution in [3.63, 3.8) is 0 Å². The van der Waals surface area contributed by atoms with Gasteiger partial charge in [-0.3, -0.25) is 29.8 Å². The molecule has 0 radical (unpaired) electrons. The second-order valence-electron chi connectivity index (χ2n) is 7.16. The number of carbonyl (C=O) groups excluding carboxylic acids is 2. The van der Waals surface area contributed by atoms with E-state index in [9.17, 15) is 14.4 Å². The van der Waals surface area contributed by atoms with Gasteiger partial charge in [0.25, 0.3) is 17.4 Å². The summed E-state index contributed by atoms with van der Waals surface area (Å²) in [7, 11) is 1.54. The van der Waals surface area contributed by atoms with E-state index in [1.54, 1.807) is 54.1 Å². The summed E-state index contributed by atoms with van der Waals surface area (Å²) in [5.41, 5.74) is 5.89. The number of rotatable bonds is 3. The third kappa shape index (κ3) is 3.89. The Balaban J connectivity index is 1.51. The fraction of sp³-hybridized carbons (Fsp3) is 0.273. The van der Waals surface area contributed by atoms with E-state index < -0.39 is 11.8 Å². The van der Waals surface area contributed by atoms with Crippen molar-refractivity contribution in [3.8, 4) is 5.75 Å². The summed E-state index contributed by atoms with van der Waals surface area (Å²) in [6.07, 6.45) is 3.78. The normalized spacial score (nSPS) is 13.2. The third-order valence-corrected chi connectivity index (χ3v) is 5.22. The number of methoxy groups -OCH3 is 1. The molecule has 0 bridgehead atoms. The van der Waals surface area contributed by atoms with Crippen molar-refractivity contribution in [2.75, 3.05) is 7.11 Å². The zero-order valence-corrected chi connectivity index (χ0v) is 16.6. The number of nitrogens with one attached hydrogen (secondary N) is 2. The van der Waals surface area contributed by atoms with E-state index in [2.05, 4.69) is 15.8 Å². The second kappa shape index (κ2) is 8.36. The Morgan fingerprint density at radius 3 is 2.40 bits per heavy atom. The number of hydrogen-bond donors (Lipinski definition) is 2. The molecular weight excluding hydrogens is 384 g/mol. The number of benzene rings is 2. The van der Waals surface area contributed by atoms with Crippen LogP contribution in [0.5, 0.6) is 5.75 Å². The van der Waals surface area contributed by atoms with Crippen LogP contribution in [-0.2, 0) is 13.0 Å². The van der Waals surface area contributed by atoms with Crippen LogP contribution in [0.25, 0.3) is 10.9 Å². The van der Waals surface area contributed by atoms with Gasteiger partial charge in [-0.15, -0.1) is 0 Å². The fourth-order valence-corrected chi connectivity index (χ4v) is 3.56. The highest BCUT2D eigenvalue weighted by Gasteiger charge is 2.16. The van der Waals surface area contributed by atoms with Crippen LogP contribution in [0.3, 0.4) is 0 Å². The van der Waals surface area contributed by atoms with Gasteiger partial charge in [-0.05, 0) is 55.3 Å². The summed E-state index contributed by atoms with van der Waals surface area (Å²) < 4.78 is 6.80. The van der Waals surface area contributed by atoms with Crippen LogP contribution >= 0.6 is 0 Å². The number of nitrogens with zero attached hydrogens (tertiary/aromatic N) is 2. The van der Waals surface area contributed by atoms with E-state index in [1.807, 2.05) is 0 Å². The molecule has 0 atom stereocenters. The first kappa shape index (κ1) is 19.6. The van der Waals surface area contributed by atoms with Crippen molar-refractivity contribution in [2.24, 2.45) is 0 Å². The molecule has 3 aromatic rings. The average Bonchev–Trinajstić information content (AvgIpc) is 3.02. The molecule has 154 valence electrons. The van der Waals surface area contributed by atoms with Crippen molar-refractivity contribution in [2.45, 2.75) is 32.2 Å². The summed E-state index contributed by atoms with van der Waals surface area (Å²) in [6, 6.07) is 11.3. The number of fused-ring (bicyclic) bond motifs is 2. The van der Waals surface area contributed by atoms with Gasteiger partial charge in [-0.1, -0.05) is 6.42 Å². The molecule has 0 saturated heterocycles. The molecule has 4 rings (SSSR count). The number of aromatic nitrogens is 2. The highest BCUT2D eigenvalue weighted by atomic mass is 16.5. The lowest BCUT2D eigenvalue weighted by Gasteiger charge is -2.11. The van der Waals surface area contributed by atoms with E-state index in [1.165, 1.54) is 0 Å². The Morgan fingerprint density at radius 1 is 0.967 bits per heavy atom. The molecule has 8 nitrogen and oxygen atoms in total. The minimum atomic E-state index is -0.490. The summed E-state index contributed by atoms with van der Waals surface area (Å²) >= 11 is 0. The molecule has 1 aliphatic rings. The Morgan fingerprint density at radius 2 is 1.67 bits per heavy atom. The molecule has 0 spiro atoms. The van der Waals surface area contributed by atoms with Crippen LogP contribution in [-0.4, -0.2) is 28.5 Å². The number of hydrazine groups is 1. The van der Waals surface area contributed by atoms with Crippen LogP contribution in [0, 0.1) is 0 Å². The molecule has 0 fully saturated rings. The average molecular weight is 406 g/mol. The van der Waals surface area contributed by atoms with Crippen LogP contribution in [0.15, 0.2) is 47.3 Å². The van der Waals surface area contributed by atoms with Gasteiger partial charge in [0.05, 0.1) is 18.0 Å². The van der Waals surface area contributed by atoms with E-state index in [4.69, 9.17) is 4.74 Å². The molecule has 1 aromatic heterocycles. The Kier molecular flexibility index (Phi) is 5.47. The van der Waals surface area contributed by atoms with E-state index in [0.717, 1.165) is 31.5 Å². The van der Waals surface area contributed by atoms with E-state index in [-0.39, 0.29) is 5.56 Å². The Bertz CT molecular complexity index is 1170. The standard InChI is InChI=1S/C22H22N4O4/c1-30-16-9-6-14(7-10-16)20(27)24-25-21(28)15-8-11-17-18(13-15)23-19-5-3-2-4-12-26(19)22(17)29/h6-11,13H,2-5,12H2,1H3,(H,24,27)(H,25,28). The van der Waals surface area contributed by atoms with Gasteiger partial charge in [-0.2, -0.15) is 0 Å². The van der Waals surface area contributed by atoms with Crippen LogP contribution in [0.4, 0.5) is 0 Å². The summed E-state index contributed by atoms with van der Waals surface area (Å²) in [6.45, 7) is 0.677. The van der Waals surface area contributed by atoms with Gasteiger partial charge in [0.1, 0.15) is 11.6 Å². The van der Waals surface area contributed by atoms with Gasteiger partial charge < -0.3 is 4.74 Å². The molecular formula is C22H22N4O4. The maximum absolute atomic E-state index is 12.8. The van der Waals surface area contributed by atoms with E-state index in [0.29, 0.717) is 34.3 Å². The first-order chi connectivity index (χ1) is 14.6. The van der Waals surface area contributed by atoms with Gasteiger partial charge in [-0.25, -0.2) is 4.98 Å². The predicted molar refractivity (Wildman–Crippen MR) is 111 cm³/mol. The minimum absolute atomic E-state index is 0.0725. The molecule has 2 amide bonds. The van der Waals surface area contributed by atoms with E-state index >= 15 is 0 Å². The summed E-state index contributed by atoms with van der Waals surface area (Å²) in [5.74, 6) is 0.451. The molecule has 1 aliphatic heterocycles. The maximum Gasteiger partial charge on any atom is 0.269 e. The van der Waals surface area contributed by atoms with Gasteiger partial charge in [0, 0.05) is 24.1 Å². The van der Waals surface area contributed by atoms with Crippen molar-refractivity contribution >= 4 is 22.7 Å². The fourth-order valence-electron chi connectivity index (χ4n) is 3.56. The lowest BCUT2D eigenvalue weighted by atomic mass is 10.1. The van der Waals surface area contributed by atoms with Crippen molar-refractivity contribution in [1.82, 2.24) is 20.4 Å². The molecule has 2 aromatic carbocycles. The Hall–Kier alpha value is -3.68.